The first-order valence-corrected chi connectivity index (χ1v) is 6.77. The number of hydrogen-bond acceptors (Lipinski definition) is 5. The van der Waals surface area contributed by atoms with Gasteiger partial charge in [-0.2, -0.15) is 0 Å². The Balaban J connectivity index is 0.00000361. The molecule has 0 saturated heterocycles. The number of ether oxygens (including phenoxy) is 2. The van der Waals surface area contributed by atoms with Crippen molar-refractivity contribution in [3.63, 3.8) is 0 Å². The summed E-state index contributed by atoms with van der Waals surface area (Å²) in [6, 6.07) is 0. The minimum absolute atomic E-state index is 0. The van der Waals surface area contributed by atoms with Crippen LogP contribution in [-0.4, -0.2) is 37.0 Å². The van der Waals surface area contributed by atoms with E-state index in [1.165, 1.54) is 0 Å². The van der Waals surface area contributed by atoms with Gasteiger partial charge >= 0.3 is 12.1 Å². The molecule has 20 heavy (non-hydrogen) atoms. The molecule has 0 radical (unpaired) electrons. The summed E-state index contributed by atoms with van der Waals surface area (Å²) >= 11 is 0. The smallest absolute Gasteiger partial charge is 0.481 e. The summed E-state index contributed by atoms with van der Waals surface area (Å²) in [6.07, 6.45) is 2.42. The van der Waals surface area contributed by atoms with Gasteiger partial charge in [-0.25, -0.2) is 4.79 Å². The van der Waals surface area contributed by atoms with Gasteiger partial charge in [0.05, 0.1) is 18.6 Å². The predicted octanol–water partition coefficient (Wildman–Crippen LogP) is 2.19. The van der Waals surface area contributed by atoms with Crippen LogP contribution in [0.2, 0.25) is 0 Å². The lowest BCUT2D eigenvalue weighted by atomic mass is 9.69. The molecule has 1 rings (SSSR count). The van der Waals surface area contributed by atoms with Crippen molar-refractivity contribution in [2.45, 2.75) is 39.0 Å². The van der Waals surface area contributed by atoms with E-state index >= 15 is 0 Å². The van der Waals surface area contributed by atoms with Gasteiger partial charge in [0.25, 0.3) is 0 Å². The Morgan fingerprint density at radius 2 is 1.90 bits per heavy atom. The van der Waals surface area contributed by atoms with Gasteiger partial charge in [0.1, 0.15) is 0 Å². The summed E-state index contributed by atoms with van der Waals surface area (Å²) in [6.45, 7) is 2.63. The molecule has 0 aromatic carbocycles. The topological polar surface area (TPSA) is 98.8 Å². The fraction of sp³-hybridized carbons (Fsp3) is 0.846. The van der Waals surface area contributed by atoms with E-state index in [1.807, 2.05) is 0 Å². The fourth-order valence-electron chi connectivity index (χ4n) is 2.53. The van der Waals surface area contributed by atoms with Crippen molar-refractivity contribution in [1.82, 2.24) is 0 Å². The van der Waals surface area contributed by atoms with Crippen molar-refractivity contribution in [1.29, 1.82) is 0 Å². The highest BCUT2D eigenvalue weighted by molar-refractivity contribution is 5.85. The zero-order valence-corrected chi connectivity index (χ0v) is 12.6. The Bertz CT molecular complexity index is 316. The van der Waals surface area contributed by atoms with Gasteiger partial charge in [-0.05, 0) is 51.5 Å². The second-order valence-corrected chi connectivity index (χ2v) is 5.05. The second-order valence-electron chi connectivity index (χ2n) is 5.05. The third-order valence-electron chi connectivity index (χ3n) is 3.91. The predicted molar refractivity (Wildman–Crippen MR) is 75.9 cm³/mol. The van der Waals surface area contributed by atoms with E-state index in [1.54, 1.807) is 6.92 Å². The van der Waals surface area contributed by atoms with E-state index in [9.17, 15) is 14.7 Å². The Hall–Kier alpha value is -1.01. The molecule has 1 aliphatic carbocycles. The van der Waals surface area contributed by atoms with E-state index in [-0.39, 0.29) is 25.6 Å². The maximum atomic E-state index is 11.5. The standard InChI is InChI=1S/C13H23NO5.ClH/c1-2-18-12(17)19-8-7-13(11(15)16)5-3-10(9-14)4-6-13;/h10H,2-9,14H2,1H3,(H,15,16);1H/t10-,13-;. The van der Waals surface area contributed by atoms with E-state index in [0.29, 0.717) is 31.7 Å². The SMILES string of the molecule is CCOC(=O)OCC[C@]1(C(=O)O)CC[C@H](CN)CC1.Cl. The van der Waals surface area contributed by atoms with Gasteiger partial charge in [0.15, 0.2) is 0 Å². The average molecular weight is 310 g/mol. The summed E-state index contributed by atoms with van der Waals surface area (Å²) < 4.78 is 9.50. The molecule has 1 aliphatic rings. The summed E-state index contributed by atoms with van der Waals surface area (Å²) in [5.74, 6) is -0.395. The second kappa shape index (κ2) is 9.02. The lowest BCUT2D eigenvalue weighted by Gasteiger charge is -2.36. The summed E-state index contributed by atoms with van der Waals surface area (Å²) in [4.78, 5) is 22.5. The molecule has 0 amide bonds. The van der Waals surface area contributed by atoms with Crippen molar-refractivity contribution in [3.05, 3.63) is 0 Å². The molecule has 0 bridgehead atoms. The average Bonchev–Trinajstić information content (AvgIpc) is 2.39. The van der Waals surface area contributed by atoms with Crippen LogP contribution in [0.5, 0.6) is 0 Å². The molecule has 6 nitrogen and oxygen atoms in total. The molecule has 0 aromatic heterocycles. The maximum Gasteiger partial charge on any atom is 0.508 e. The molecule has 118 valence electrons. The third-order valence-corrected chi connectivity index (χ3v) is 3.91. The summed E-state index contributed by atoms with van der Waals surface area (Å²) in [5, 5.41) is 9.41. The van der Waals surface area contributed by atoms with Crippen LogP contribution in [0.15, 0.2) is 0 Å². The van der Waals surface area contributed by atoms with E-state index in [4.69, 9.17) is 10.5 Å². The molecule has 1 fully saturated rings. The van der Waals surface area contributed by atoms with Crippen LogP contribution in [0.25, 0.3) is 0 Å². The van der Waals surface area contributed by atoms with Crippen molar-refractivity contribution in [3.8, 4) is 0 Å². The van der Waals surface area contributed by atoms with E-state index < -0.39 is 17.5 Å². The number of carboxylic acids is 1. The lowest BCUT2D eigenvalue weighted by molar-refractivity contribution is -0.153. The summed E-state index contributed by atoms with van der Waals surface area (Å²) in [5.41, 5.74) is 4.83. The molecule has 3 N–H and O–H groups in total. The number of halogens is 1. The Morgan fingerprint density at radius 3 is 2.35 bits per heavy atom. The number of rotatable bonds is 6. The number of carbonyl (C=O) groups excluding carboxylic acids is 1. The van der Waals surface area contributed by atoms with Gasteiger partial charge < -0.3 is 20.3 Å². The molecule has 0 aliphatic heterocycles. The molecule has 0 aromatic rings. The zero-order valence-electron chi connectivity index (χ0n) is 11.8. The number of carbonyl (C=O) groups is 2. The van der Waals surface area contributed by atoms with E-state index in [2.05, 4.69) is 4.74 Å². The van der Waals surface area contributed by atoms with Crippen molar-refractivity contribution >= 4 is 24.5 Å². The van der Waals surface area contributed by atoms with Crippen LogP contribution < -0.4 is 5.73 Å². The minimum Gasteiger partial charge on any atom is -0.481 e. The van der Waals surface area contributed by atoms with Crippen LogP contribution in [0.4, 0.5) is 4.79 Å². The first-order chi connectivity index (χ1) is 9.04. The number of hydrogen-bond donors (Lipinski definition) is 2. The molecule has 0 unspecified atom stereocenters. The van der Waals surface area contributed by atoms with Gasteiger partial charge in [0.2, 0.25) is 0 Å². The Kier molecular flexibility index (Phi) is 8.57. The van der Waals surface area contributed by atoms with E-state index in [0.717, 1.165) is 12.8 Å². The van der Waals surface area contributed by atoms with Crippen LogP contribution >= 0.6 is 12.4 Å². The molecule has 1 saturated carbocycles. The van der Waals surface area contributed by atoms with Crippen molar-refractivity contribution < 1.29 is 24.2 Å². The van der Waals surface area contributed by atoms with Crippen molar-refractivity contribution in [2.24, 2.45) is 17.1 Å². The van der Waals surface area contributed by atoms with Crippen LogP contribution in [-0.2, 0) is 14.3 Å². The zero-order chi connectivity index (χ0) is 14.3. The third kappa shape index (κ3) is 5.17. The molecule has 0 spiro atoms. The fourth-order valence-corrected chi connectivity index (χ4v) is 2.53. The quantitative estimate of drug-likeness (QED) is 0.730. The first kappa shape index (κ1) is 19.0. The Morgan fingerprint density at radius 1 is 1.30 bits per heavy atom. The minimum atomic E-state index is -0.810. The van der Waals surface area contributed by atoms with Crippen molar-refractivity contribution in [2.75, 3.05) is 19.8 Å². The maximum absolute atomic E-state index is 11.5. The van der Waals surface area contributed by atoms with Gasteiger partial charge in [-0.15, -0.1) is 12.4 Å². The largest absolute Gasteiger partial charge is 0.508 e. The normalized spacial score (nSPS) is 25.4. The van der Waals surface area contributed by atoms with Gasteiger partial charge in [0, 0.05) is 0 Å². The van der Waals surface area contributed by atoms with Crippen LogP contribution in [0.3, 0.4) is 0 Å². The van der Waals surface area contributed by atoms with Crippen LogP contribution in [0, 0.1) is 11.3 Å². The molecular formula is C13H24ClNO5. The highest BCUT2D eigenvalue weighted by Crippen LogP contribution is 2.41. The number of carboxylic acid groups (broad SMARTS) is 1. The molecule has 0 atom stereocenters. The number of aliphatic carboxylic acids is 1. The first-order valence-electron chi connectivity index (χ1n) is 6.77. The van der Waals surface area contributed by atoms with Crippen LogP contribution in [0.1, 0.15) is 39.0 Å². The highest BCUT2D eigenvalue weighted by Gasteiger charge is 2.41. The van der Waals surface area contributed by atoms with Gasteiger partial charge in [-0.3, -0.25) is 4.79 Å². The molecular weight excluding hydrogens is 286 g/mol. The summed E-state index contributed by atoms with van der Waals surface area (Å²) in [7, 11) is 0. The molecule has 7 heteroatoms. The van der Waals surface area contributed by atoms with Gasteiger partial charge in [-0.1, -0.05) is 0 Å². The lowest BCUT2D eigenvalue weighted by Crippen LogP contribution is -2.38. The highest BCUT2D eigenvalue weighted by atomic mass is 35.5. The molecule has 0 heterocycles. The number of nitrogens with two attached hydrogens (primary N) is 1. The monoisotopic (exact) mass is 309 g/mol. The Labute approximate surface area is 125 Å².